The van der Waals surface area contributed by atoms with Crippen molar-refractivity contribution in [2.24, 2.45) is 0 Å². The topological polar surface area (TPSA) is 85.6 Å². The molecule has 0 radical (unpaired) electrons. The second-order valence-electron chi connectivity index (χ2n) is 4.31. The van der Waals surface area contributed by atoms with Crippen LogP contribution in [-0.2, 0) is 9.53 Å². The molecule has 0 bridgehead atoms. The van der Waals surface area contributed by atoms with Crippen LogP contribution >= 0.6 is 0 Å². The molecule has 1 fully saturated rings. The Bertz CT molecular complexity index is 344. The van der Waals surface area contributed by atoms with Gasteiger partial charge in [-0.2, -0.15) is 5.26 Å². The number of nitriles is 1. The molecule has 0 aliphatic carbocycles. The molecule has 6 heteroatoms. The van der Waals surface area contributed by atoms with E-state index < -0.39 is 0 Å². The van der Waals surface area contributed by atoms with Gasteiger partial charge in [-0.1, -0.05) is 0 Å². The Morgan fingerprint density at radius 1 is 1.37 bits per heavy atom. The third-order valence-corrected chi connectivity index (χ3v) is 2.87. The lowest BCUT2D eigenvalue weighted by atomic mass is 10.1. The minimum absolute atomic E-state index is 0.00721. The molecule has 0 atom stereocenters. The van der Waals surface area contributed by atoms with Crippen LogP contribution in [0.5, 0.6) is 0 Å². The first-order valence-corrected chi connectivity index (χ1v) is 6.61. The number of aliphatic hydroxyl groups excluding tert-OH is 1. The first-order valence-electron chi connectivity index (χ1n) is 6.61. The zero-order chi connectivity index (χ0) is 13.9. The van der Waals surface area contributed by atoms with E-state index in [1.54, 1.807) is 4.90 Å². The lowest BCUT2D eigenvalue weighted by Crippen LogP contribution is -2.36. The molecule has 0 aromatic carbocycles. The maximum absolute atomic E-state index is 12.0. The van der Waals surface area contributed by atoms with Gasteiger partial charge in [0.25, 0.3) is 5.91 Å². The Hall–Kier alpha value is -1.58. The molecule has 1 aliphatic heterocycles. The van der Waals surface area contributed by atoms with Crippen molar-refractivity contribution in [3.05, 3.63) is 11.8 Å². The molecule has 0 saturated carbocycles. The molecule has 2 N–H and O–H groups in total. The van der Waals surface area contributed by atoms with Crippen molar-refractivity contribution in [3.63, 3.8) is 0 Å². The highest BCUT2D eigenvalue weighted by molar-refractivity contribution is 5.97. The lowest BCUT2D eigenvalue weighted by molar-refractivity contribution is -0.127. The van der Waals surface area contributed by atoms with Crippen LogP contribution in [0.1, 0.15) is 19.3 Å². The molecule has 19 heavy (non-hydrogen) atoms. The number of likely N-dealkylation sites (tertiary alicyclic amines) is 1. The molecule has 1 rings (SSSR count). The third kappa shape index (κ3) is 5.73. The van der Waals surface area contributed by atoms with Gasteiger partial charge in [-0.05, 0) is 19.3 Å². The quantitative estimate of drug-likeness (QED) is 0.385. The second-order valence-corrected chi connectivity index (χ2v) is 4.31. The van der Waals surface area contributed by atoms with Crippen molar-refractivity contribution < 1.29 is 14.6 Å². The van der Waals surface area contributed by atoms with Crippen molar-refractivity contribution in [1.82, 2.24) is 10.2 Å². The number of aliphatic hydroxyl groups is 1. The number of ether oxygens (including phenoxy) is 1. The van der Waals surface area contributed by atoms with E-state index in [0.29, 0.717) is 19.8 Å². The molecule has 0 spiro atoms. The van der Waals surface area contributed by atoms with Crippen molar-refractivity contribution >= 4 is 5.91 Å². The van der Waals surface area contributed by atoms with Crippen LogP contribution in [-0.4, -0.2) is 55.4 Å². The summed E-state index contributed by atoms with van der Waals surface area (Å²) in [5, 5.41) is 20.4. The van der Waals surface area contributed by atoms with E-state index in [-0.39, 0.29) is 18.1 Å². The standard InChI is InChI=1S/C13H21N3O3/c14-10-12(11-15-4-8-19-9-7-17)13(18)16-5-2-1-3-6-16/h11,15,17H,1-9H2/b12-11-. The zero-order valence-electron chi connectivity index (χ0n) is 11.1. The van der Waals surface area contributed by atoms with Gasteiger partial charge in [0.15, 0.2) is 0 Å². The Morgan fingerprint density at radius 3 is 2.74 bits per heavy atom. The first kappa shape index (κ1) is 15.5. The van der Waals surface area contributed by atoms with Crippen molar-refractivity contribution in [3.8, 4) is 6.07 Å². The minimum atomic E-state index is -0.203. The van der Waals surface area contributed by atoms with Gasteiger partial charge >= 0.3 is 0 Å². The molecular weight excluding hydrogens is 246 g/mol. The Kier molecular flexibility index (Phi) is 7.63. The molecule has 1 amide bonds. The van der Waals surface area contributed by atoms with Gasteiger partial charge in [0.2, 0.25) is 0 Å². The van der Waals surface area contributed by atoms with E-state index in [4.69, 9.17) is 15.1 Å². The number of nitrogens with zero attached hydrogens (tertiary/aromatic N) is 2. The average molecular weight is 267 g/mol. The van der Waals surface area contributed by atoms with Crippen molar-refractivity contribution in [2.45, 2.75) is 19.3 Å². The number of piperidine rings is 1. The van der Waals surface area contributed by atoms with Gasteiger partial charge < -0.3 is 20.1 Å². The van der Waals surface area contributed by atoms with E-state index in [1.165, 1.54) is 6.20 Å². The van der Waals surface area contributed by atoms with E-state index in [9.17, 15) is 4.79 Å². The van der Waals surface area contributed by atoms with Gasteiger partial charge in [0.1, 0.15) is 11.6 Å². The normalized spacial score (nSPS) is 16.0. The summed E-state index contributed by atoms with van der Waals surface area (Å²) in [6, 6.07) is 1.93. The summed E-state index contributed by atoms with van der Waals surface area (Å²) in [5.41, 5.74) is 0.129. The zero-order valence-corrected chi connectivity index (χ0v) is 11.1. The van der Waals surface area contributed by atoms with Gasteiger partial charge in [-0.25, -0.2) is 0 Å². The maximum atomic E-state index is 12.0. The number of nitrogens with one attached hydrogen (secondary N) is 1. The molecule has 6 nitrogen and oxygen atoms in total. The SMILES string of the molecule is N#C/C(=C/NCCOCCO)C(=O)N1CCCCC1. The van der Waals surface area contributed by atoms with E-state index in [1.807, 2.05) is 6.07 Å². The fraction of sp³-hybridized carbons (Fsp3) is 0.692. The van der Waals surface area contributed by atoms with Crippen LogP contribution in [0.15, 0.2) is 11.8 Å². The van der Waals surface area contributed by atoms with Gasteiger partial charge in [-0.15, -0.1) is 0 Å². The smallest absolute Gasteiger partial charge is 0.265 e. The van der Waals surface area contributed by atoms with Crippen LogP contribution in [0, 0.1) is 11.3 Å². The van der Waals surface area contributed by atoms with Crippen molar-refractivity contribution in [1.29, 1.82) is 5.26 Å². The predicted octanol–water partition coefficient (Wildman–Crippen LogP) is 0.00488. The Morgan fingerprint density at radius 2 is 2.11 bits per heavy atom. The molecular formula is C13H21N3O3. The molecule has 0 aromatic heterocycles. The van der Waals surface area contributed by atoms with Crippen LogP contribution in [0.4, 0.5) is 0 Å². The molecule has 1 saturated heterocycles. The highest BCUT2D eigenvalue weighted by Crippen LogP contribution is 2.11. The summed E-state index contributed by atoms with van der Waals surface area (Å²) in [6.07, 6.45) is 4.61. The highest BCUT2D eigenvalue weighted by Gasteiger charge is 2.19. The second kappa shape index (κ2) is 9.36. The molecule has 106 valence electrons. The summed E-state index contributed by atoms with van der Waals surface area (Å²) in [7, 11) is 0. The predicted molar refractivity (Wildman–Crippen MR) is 70.0 cm³/mol. The summed E-state index contributed by atoms with van der Waals surface area (Å²) < 4.78 is 5.06. The summed E-state index contributed by atoms with van der Waals surface area (Å²) in [6.45, 7) is 2.68. The molecule has 0 unspecified atom stereocenters. The van der Waals surface area contributed by atoms with Crippen LogP contribution in [0.25, 0.3) is 0 Å². The number of hydrogen-bond acceptors (Lipinski definition) is 5. The fourth-order valence-electron chi connectivity index (χ4n) is 1.88. The molecule has 1 aliphatic rings. The molecule has 1 heterocycles. The number of carbonyl (C=O) groups is 1. The van der Waals surface area contributed by atoms with E-state index in [0.717, 1.165) is 32.4 Å². The van der Waals surface area contributed by atoms with E-state index >= 15 is 0 Å². The van der Waals surface area contributed by atoms with Crippen LogP contribution in [0.2, 0.25) is 0 Å². The first-order chi connectivity index (χ1) is 9.29. The third-order valence-electron chi connectivity index (χ3n) is 2.87. The number of carbonyl (C=O) groups excluding carboxylic acids is 1. The van der Waals surface area contributed by atoms with E-state index in [2.05, 4.69) is 5.32 Å². The number of rotatable bonds is 7. The highest BCUT2D eigenvalue weighted by atomic mass is 16.5. The largest absolute Gasteiger partial charge is 0.394 e. The number of amides is 1. The van der Waals surface area contributed by atoms with Crippen molar-refractivity contribution in [2.75, 3.05) is 39.5 Å². The monoisotopic (exact) mass is 267 g/mol. The number of hydrogen-bond donors (Lipinski definition) is 2. The van der Waals surface area contributed by atoms with Gasteiger partial charge in [0.05, 0.1) is 19.8 Å². The van der Waals surface area contributed by atoms with Gasteiger partial charge in [0, 0.05) is 25.8 Å². The van der Waals surface area contributed by atoms with Crippen LogP contribution < -0.4 is 5.32 Å². The Labute approximate surface area is 113 Å². The minimum Gasteiger partial charge on any atom is -0.394 e. The molecule has 0 aromatic rings. The summed E-state index contributed by atoms with van der Waals surface area (Å²) in [4.78, 5) is 13.8. The Balaban J connectivity index is 2.34. The average Bonchev–Trinajstić information content (AvgIpc) is 2.47. The lowest BCUT2D eigenvalue weighted by Gasteiger charge is -2.26. The fourth-order valence-corrected chi connectivity index (χ4v) is 1.88. The van der Waals surface area contributed by atoms with Crippen LogP contribution in [0.3, 0.4) is 0 Å². The van der Waals surface area contributed by atoms with Gasteiger partial charge in [-0.3, -0.25) is 4.79 Å². The summed E-state index contributed by atoms with van der Waals surface area (Å²) >= 11 is 0. The summed E-state index contributed by atoms with van der Waals surface area (Å²) in [5.74, 6) is -0.203. The maximum Gasteiger partial charge on any atom is 0.265 e.